The number of carbonyl (C=O) groups excluding carboxylic acids is 2. The van der Waals surface area contributed by atoms with Crippen molar-refractivity contribution in [2.75, 3.05) is 28.4 Å². The van der Waals surface area contributed by atoms with E-state index in [1.165, 1.54) is 86.5 Å². The van der Waals surface area contributed by atoms with E-state index >= 15 is 0 Å². The number of methoxy groups -OCH3 is 4. The topological polar surface area (TPSA) is 245 Å². The predicted molar refractivity (Wildman–Crippen MR) is 227 cm³/mol. The monoisotopic (exact) mass is 850 g/mol. The second-order valence-corrected chi connectivity index (χ2v) is 15.0. The fraction of sp³-hybridized carbons (Fsp3) is 0.261. The molecular weight excluding hydrogens is 808 g/mol. The lowest BCUT2D eigenvalue weighted by atomic mass is 9.82. The van der Waals surface area contributed by atoms with Crippen molar-refractivity contribution in [3.8, 4) is 57.5 Å². The van der Waals surface area contributed by atoms with Gasteiger partial charge in [0.15, 0.2) is 11.5 Å². The summed E-state index contributed by atoms with van der Waals surface area (Å²) in [6.45, 7) is 5.97. The van der Waals surface area contributed by atoms with Crippen molar-refractivity contribution in [3.05, 3.63) is 90.2 Å². The molecule has 0 aliphatic carbocycles. The minimum Gasteiger partial charge on any atom is -0.508 e. The standard InChI is InChI=1S/C46H42O16/c1-17-11-21(47)14-26(49)31(17)46(56)62-19(3)13-24-33-32-23(12-18(2)61-45(55)22-9-10-25(48)20(4)40(22)52)43(59-7)41(53)34-27(50)15-29(57-5)36(38(32)34)37-30(58-6)16-28(51)35(39(33)37)42(54)44(24)60-8/h9-11,14-16,18-19,47-52H,12-13H2,1-8H3. The number of benzene rings is 7. The number of aryl methyl sites for hydroxylation is 1. The van der Waals surface area contributed by atoms with Crippen LogP contribution in [0.5, 0.6) is 57.5 Å². The molecule has 0 saturated heterocycles. The molecule has 6 N–H and O–H groups in total. The van der Waals surface area contributed by atoms with E-state index in [-0.39, 0.29) is 124 Å². The van der Waals surface area contributed by atoms with Crippen molar-refractivity contribution < 1.29 is 68.6 Å². The molecule has 0 amide bonds. The first-order valence-electron chi connectivity index (χ1n) is 19.1. The van der Waals surface area contributed by atoms with Crippen molar-refractivity contribution >= 4 is 55.0 Å². The number of carbonyl (C=O) groups is 2. The number of rotatable bonds is 12. The van der Waals surface area contributed by atoms with Gasteiger partial charge >= 0.3 is 11.9 Å². The van der Waals surface area contributed by atoms with Gasteiger partial charge in [0.1, 0.15) is 69.3 Å². The van der Waals surface area contributed by atoms with Crippen LogP contribution < -0.4 is 29.8 Å². The van der Waals surface area contributed by atoms with E-state index in [1.807, 2.05) is 0 Å². The van der Waals surface area contributed by atoms with Gasteiger partial charge in [-0.1, -0.05) is 0 Å². The Morgan fingerprint density at radius 2 is 1.02 bits per heavy atom. The van der Waals surface area contributed by atoms with Crippen LogP contribution in [0.15, 0.2) is 46.0 Å². The summed E-state index contributed by atoms with van der Waals surface area (Å²) in [6, 6.07) is 7.14. The molecule has 0 aliphatic rings. The highest BCUT2D eigenvalue weighted by Crippen LogP contribution is 2.53. The van der Waals surface area contributed by atoms with Crippen molar-refractivity contribution in [2.24, 2.45) is 0 Å². The maximum atomic E-state index is 14.6. The maximum Gasteiger partial charge on any atom is 0.342 e. The second kappa shape index (κ2) is 15.8. The molecule has 322 valence electrons. The largest absolute Gasteiger partial charge is 0.508 e. The summed E-state index contributed by atoms with van der Waals surface area (Å²) in [5.41, 5.74) is -1.46. The summed E-state index contributed by atoms with van der Waals surface area (Å²) in [6.07, 6.45) is -2.69. The molecule has 0 heterocycles. The van der Waals surface area contributed by atoms with Gasteiger partial charge in [0.05, 0.1) is 39.2 Å². The van der Waals surface area contributed by atoms with E-state index in [9.17, 15) is 49.8 Å². The molecule has 7 rings (SSSR count). The van der Waals surface area contributed by atoms with Crippen LogP contribution >= 0.6 is 0 Å². The van der Waals surface area contributed by atoms with Crippen LogP contribution in [-0.4, -0.2) is 83.2 Å². The fourth-order valence-electron chi connectivity index (χ4n) is 8.49. The van der Waals surface area contributed by atoms with Gasteiger partial charge in [-0.05, 0) is 62.2 Å². The first-order chi connectivity index (χ1) is 29.4. The van der Waals surface area contributed by atoms with Gasteiger partial charge < -0.3 is 59.1 Å². The van der Waals surface area contributed by atoms with Crippen LogP contribution in [0.3, 0.4) is 0 Å². The number of hydrogen-bond donors (Lipinski definition) is 6. The van der Waals surface area contributed by atoms with Crippen molar-refractivity contribution in [1.29, 1.82) is 0 Å². The van der Waals surface area contributed by atoms with E-state index in [0.717, 1.165) is 6.07 Å². The van der Waals surface area contributed by atoms with Gasteiger partial charge in [-0.25, -0.2) is 9.59 Å². The van der Waals surface area contributed by atoms with Gasteiger partial charge in [-0.3, -0.25) is 9.59 Å². The summed E-state index contributed by atoms with van der Waals surface area (Å²) in [5.74, 6) is -4.88. The molecular formula is C46H42O16. The highest BCUT2D eigenvalue weighted by molar-refractivity contribution is 6.38. The first-order valence-corrected chi connectivity index (χ1v) is 19.1. The third-order valence-corrected chi connectivity index (χ3v) is 11.1. The number of esters is 2. The lowest BCUT2D eigenvalue weighted by molar-refractivity contribution is 0.0327. The van der Waals surface area contributed by atoms with Crippen LogP contribution in [-0.2, 0) is 22.3 Å². The minimum absolute atomic E-state index is 0.0459. The Balaban J connectivity index is 1.59. The Labute approximate surface area is 351 Å². The second-order valence-electron chi connectivity index (χ2n) is 15.0. The molecule has 0 fully saturated rings. The van der Waals surface area contributed by atoms with Gasteiger partial charge in [0.2, 0.25) is 10.9 Å². The average Bonchev–Trinajstić information content (AvgIpc) is 3.20. The molecule has 0 aliphatic heterocycles. The number of aromatic hydroxyl groups is 6. The number of fused-ring (bicyclic) bond motifs is 2. The van der Waals surface area contributed by atoms with Crippen LogP contribution in [0, 0.1) is 13.8 Å². The number of ether oxygens (including phenoxy) is 6. The van der Waals surface area contributed by atoms with Gasteiger partial charge in [0.25, 0.3) is 0 Å². The molecule has 16 nitrogen and oxygen atoms in total. The zero-order valence-corrected chi connectivity index (χ0v) is 34.8. The average molecular weight is 851 g/mol. The highest BCUT2D eigenvalue weighted by atomic mass is 16.5. The Bertz CT molecular complexity index is 3100. The zero-order chi connectivity index (χ0) is 45.2. The summed E-state index contributed by atoms with van der Waals surface area (Å²) < 4.78 is 34.8. The molecule has 0 bridgehead atoms. The van der Waals surface area contributed by atoms with Crippen LogP contribution in [0.4, 0.5) is 0 Å². The number of phenolic OH excluding ortho intramolecular Hbond substituents is 6. The van der Waals surface area contributed by atoms with Crippen LogP contribution in [0.1, 0.15) is 56.8 Å². The maximum absolute atomic E-state index is 14.6. The number of phenols is 6. The molecule has 0 radical (unpaired) electrons. The third-order valence-electron chi connectivity index (χ3n) is 11.1. The first kappa shape index (κ1) is 42.5. The molecule has 7 aromatic rings. The molecule has 2 unspecified atom stereocenters. The molecule has 0 spiro atoms. The lowest BCUT2D eigenvalue weighted by Crippen LogP contribution is -2.22. The Hall–Kier alpha value is -7.62. The van der Waals surface area contributed by atoms with E-state index in [0.29, 0.717) is 0 Å². The summed E-state index contributed by atoms with van der Waals surface area (Å²) in [5, 5.41) is 65.0. The van der Waals surface area contributed by atoms with Gasteiger partial charge in [-0.2, -0.15) is 0 Å². The smallest absolute Gasteiger partial charge is 0.342 e. The summed E-state index contributed by atoms with van der Waals surface area (Å²) in [7, 11) is 5.15. The summed E-state index contributed by atoms with van der Waals surface area (Å²) in [4.78, 5) is 56.3. The Morgan fingerprint density at radius 3 is 1.45 bits per heavy atom. The van der Waals surface area contributed by atoms with Crippen molar-refractivity contribution in [2.45, 2.75) is 52.7 Å². The lowest BCUT2D eigenvalue weighted by Gasteiger charge is -2.26. The fourth-order valence-corrected chi connectivity index (χ4v) is 8.49. The van der Waals surface area contributed by atoms with E-state index in [2.05, 4.69) is 0 Å². The predicted octanol–water partition coefficient (Wildman–Crippen LogP) is 6.36. The SMILES string of the molecule is COc1c(CC(C)OC(=O)c2ccc(O)c(C)c2O)c2c3c(CC(C)OC(=O)c4c(C)cc(O)cc4O)c(OC)c(=O)c4c(O)cc(OC)c(c5c(OC)cc(O)c(c1=O)c52)c43. The molecule has 0 saturated carbocycles. The van der Waals surface area contributed by atoms with Crippen LogP contribution in [0.2, 0.25) is 0 Å². The summed E-state index contributed by atoms with van der Waals surface area (Å²) >= 11 is 0. The minimum atomic E-state index is -1.08. The number of hydrogen-bond acceptors (Lipinski definition) is 16. The van der Waals surface area contributed by atoms with Gasteiger partial charge in [-0.15, -0.1) is 0 Å². The quantitative estimate of drug-likeness (QED) is 0.0445. The normalized spacial score (nSPS) is 12.5. The molecule has 0 aromatic heterocycles. The Kier molecular flexibility index (Phi) is 10.8. The molecule has 7 aromatic carbocycles. The zero-order valence-electron chi connectivity index (χ0n) is 34.8. The molecule has 62 heavy (non-hydrogen) atoms. The van der Waals surface area contributed by atoms with Crippen molar-refractivity contribution in [3.63, 3.8) is 0 Å². The van der Waals surface area contributed by atoms with E-state index in [1.54, 1.807) is 0 Å². The molecule has 16 heteroatoms. The Morgan fingerprint density at radius 1 is 0.548 bits per heavy atom. The molecule has 2 atom stereocenters. The van der Waals surface area contributed by atoms with Gasteiger partial charge in [0, 0.05) is 69.3 Å². The van der Waals surface area contributed by atoms with Crippen LogP contribution in [0.25, 0.3) is 43.1 Å². The third kappa shape index (κ3) is 6.54. The highest BCUT2D eigenvalue weighted by Gasteiger charge is 2.34. The van der Waals surface area contributed by atoms with E-state index in [4.69, 9.17) is 28.4 Å². The van der Waals surface area contributed by atoms with Crippen molar-refractivity contribution in [1.82, 2.24) is 0 Å². The van der Waals surface area contributed by atoms with E-state index < -0.39 is 58.0 Å².